The van der Waals surface area contributed by atoms with Crippen molar-refractivity contribution in [2.24, 2.45) is 0 Å². The third-order valence-corrected chi connectivity index (χ3v) is 4.79. The number of piperazine rings is 1. The Morgan fingerprint density at radius 2 is 1.83 bits per heavy atom. The van der Waals surface area contributed by atoms with Crippen LogP contribution in [-0.4, -0.2) is 46.9 Å². The number of nitrogens with zero attached hydrogens (tertiary/aromatic N) is 3. The average molecular weight is 344 g/mol. The van der Waals surface area contributed by atoms with Crippen molar-refractivity contribution in [1.82, 2.24) is 14.8 Å². The average Bonchev–Trinajstić information content (AvgIpc) is 2.63. The van der Waals surface area contributed by atoms with E-state index in [4.69, 9.17) is 11.6 Å². The van der Waals surface area contributed by atoms with E-state index in [1.165, 1.54) is 5.56 Å². The molecule has 4 nitrogen and oxygen atoms in total. The highest BCUT2D eigenvalue weighted by molar-refractivity contribution is 6.31. The molecule has 2 heterocycles. The molecule has 0 atom stereocenters. The number of carbonyl (C=O) groups is 1. The Labute approximate surface area is 148 Å². The standard InChI is InChI=1S/C19H22ClN3O/c20-18-14-21-9-8-17(18)15-22-10-12-23(13-11-22)19(24)7-6-16-4-2-1-3-5-16/h1-5,8-9,14H,6-7,10-13,15H2. The fraction of sp³-hybridized carbons (Fsp3) is 0.368. The summed E-state index contributed by atoms with van der Waals surface area (Å²) in [6.07, 6.45) is 4.84. The van der Waals surface area contributed by atoms with E-state index in [9.17, 15) is 4.79 Å². The van der Waals surface area contributed by atoms with Crippen LogP contribution in [0.2, 0.25) is 5.02 Å². The molecule has 0 saturated carbocycles. The topological polar surface area (TPSA) is 36.4 Å². The van der Waals surface area contributed by atoms with Gasteiger partial charge >= 0.3 is 0 Å². The molecule has 1 aliphatic heterocycles. The van der Waals surface area contributed by atoms with Crippen LogP contribution in [-0.2, 0) is 17.8 Å². The zero-order valence-corrected chi connectivity index (χ0v) is 14.5. The SMILES string of the molecule is O=C(CCc1ccccc1)N1CCN(Cc2ccncc2Cl)CC1. The minimum Gasteiger partial charge on any atom is -0.340 e. The van der Waals surface area contributed by atoms with Gasteiger partial charge in [-0.05, 0) is 23.6 Å². The van der Waals surface area contributed by atoms with Crippen molar-refractivity contribution in [2.45, 2.75) is 19.4 Å². The van der Waals surface area contributed by atoms with Crippen molar-refractivity contribution < 1.29 is 4.79 Å². The highest BCUT2D eigenvalue weighted by Gasteiger charge is 2.21. The van der Waals surface area contributed by atoms with Crippen molar-refractivity contribution in [3.8, 4) is 0 Å². The van der Waals surface area contributed by atoms with Gasteiger partial charge in [-0.2, -0.15) is 0 Å². The summed E-state index contributed by atoms with van der Waals surface area (Å²) in [5.41, 5.74) is 2.31. The third kappa shape index (κ3) is 4.56. The highest BCUT2D eigenvalue weighted by atomic mass is 35.5. The molecular formula is C19H22ClN3O. The van der Waals surface area contributed by atoms with E-state index in [1.807, 2.05) is 29.2 Å². The molecule has 0 spiro atoms. The molecule has 5 heteroatoms. The predicted molar refractivity (Wildman–Crippen MR) is 95.9 cm³/mol. The molecule has 0 N–H and O–H groups in total. The Balaban J connectivity index is 1.44. The zero-order valence-electron chi connectivity index (χ0n) is 13.7. The van der Waals surface area contributed by atoms with E-state index in [0.29, 0.717) is 11.4 Å². The van der Waals surface area contributed by atoms with Crippen molar-refractivity contribution in [1.29, 1.82) is 0 Å². The van der Waals surface area contributed by atoms with Crippen LogP contribution in [0, 0.1) is 0 Å². The molecule has 3 rings (SSSR count). The third-order valence-electron chi connectivity index (χ3n) is 4.45. The number of rotatable bonds is 5. The molecule has 2 aromatic rings. The van der Waals surface area contributed by atoms with E-state index in [2.05, 4.69) is 22.0 Å². The van der Waals surface area contributed by atoms with Crippen molar-refractivity contribution in [3.63, 3.8) is 0 Å². The Hall–Kier alpha value is -1.91. The molecule has 1 aliphatic rings. The first-order valence-electron chi connectivity index (χ1n) is 8.35. The predicted octanol–water partition coefficient (Wildman–Crippen LogP) is 3.01. The zero-order chi connectivity index (χ0) is 16.8. The van der Waals surface area contributed by atoms with E-state index in [0.717, 1.165) is 44.7 Å². The number of halogens is 1. The van der Waals surface area contributed by atoms with Gasteiger partial charge in [0, 0.05) is 51.5 Å². The molecular weight excluding hydrogens is 322 g/mol. The summed E-state index contributed by atoms with van der Waals surface area (Å²) in [4.78, 5) is 20.7. The molecule has 1 amide bonds. The van der Waals surface area contributed by atoms with Crippen molar-refractivity contribution in [2.75, 3.05) is 26.2 Å². The Morgan fingerprint density at radius 3 is 2.54 bits per heavy atom. The smallest absolute Gasteiger partial charge is 0.222 e. The van der Waals surface area contributed by atoms with Crippen LogP contribution in [0.15, 0.2) is 48.8 Å². The van der Waals surface area contributed by atoms with E-state index < -0.39 is 0 Å². The highest BCUT2D eigenvalue weighted by Crippen LogP contribution is 2.17. The fourth-order valence-corrected chi connectivity index (χ4v) is 3.16. The Morgan fingerprint density at radius 1 is 1.08 bits per heavy atom. The first-order valence-corrected chi connectivity index (χ1v) is 8.72. The molecule has 0 bridgehead atoms. The normalized spacial score (nSPS) is 15.5. The van der Waals surface area contributed by atoms with Crippen LogP contribution >= 0.6 is 11.6 Å². The lowest BCUT2D eigenvalue weighted by Crippen LogP contribution is -2.48. The van der Waals surface area contributed by atoms with Gasteiger partial charge in [0.15, 0.2) is 0 Å². The van der Waals surface area contributed by atoms with E-state index in [1.54, 1.807) is 12.4 Å². The van der Waals surface area contributed by atoms with E-state index in [-0.39, 0.29) is 5.91 Å². The largest absolute Gasteiger partial charge is 0.340 e. The second kappa shape index (κ2) is 8.27. The number of carbonyl (C=O) groups excluding carboxylic acids is 1. The molecule has 0 unspecified atom stereocenters. The molecule has 24 heavy (non-hydrogen) atoms. The van der Waals surface area contributed by atoms with Crippen LogP contribution in [0.3, 0.4) is 0 Å². The van der Waals surface area contributed by atoms with Gasteiger partial charge in [-0.25, -0.2) is 0 Å². The van der Waals surface area contributed by atoms with Gasteiger partial charge in [0.2, 0.25) is 5.91 Å². The van der Waals surface area contributed by atoms with Gasteiger partial charge < -0.3 is 4.90 Å². The molecule has 1 aromatic heterocycles. The summed E-state index contributed by atoms with van der Waals surface area (Å²) >= 11 is 6.17. The molecule has 1 aromatic carbocycles. The summed E-state index contributed by atoms with van der Waals surface area (Å²) in [7, 11) is 0. The molecule has 126 valence electrons. The first kappa shape index (κ1) is 16.9. The van der Waals surface area contributed by atoms with Crippen LogP contribution < -0.4 is 0 Å². The maximum atomic E-state index is 12.4. The molecule has 0 radical (unpaired) electrons. The van der Waals surface area contributed by atoms with Crippen molar-refractivity contribution >= 4 is 17.5 Å². The summed E-state index contributed by atoms with van der Waals surface area (Å²) in [5.74, 6) is 0.250. The number of benzene rings is 1. The lowest BCUT2D eigenvalue weighted by molar-refractivity contribution is -0.133. The fourth-order valence-electron chi connectivity index (χ4n) is 2.98. The summed E-state index contributed by atoms with van der Waals surface area (Å²) in [5, 5.41) is 0.707. The second-order valence-electron chi connectivity index (χ2n) is 6.11. The first-order chi connectivity index (χ1) is 11.7. The van der Waals surface area contributed by atoms with Gasteiger partial charge in [-0.3, -0.25) is 14.7 Å². The van der Waals surface area contributed by atoms with Crippen LogP contribution in [0.5, 0.6) is 0 Å². The van der Waals surface area contributed by atoms with E-state index >= 15 is 0 Å². The maximum absolute atomic E-state index is 12.4. The summed E-state index contributed by atoms with van der Waals surface area (Å²) in [6, 6.07) is 12.1. The maximum Gasteiger partial charge on any atom is 0.222 e. The summed E-state index contributed by atoms with van der Waals surface area (Å²) < 4.78 is 0. The number of hydrogen-bond acceptors (Lipinski definition) is 3. The number of aryl methyl sites for hydroxylation is 1. The number of hydrogen-bond donors (Lipinski definition) is 0. The number of aromatic nitrogens is 1. The lowest BCUT2D eigenvalue weighted by atomic mass is 10.1. The second-order valence-corrected chi connectivity index (χ2v) is 6.52. The summed E-state index contributed by atoms with van der Waals surface area (Å²) in [6.45, 7) is 4.16. The van der Waals surface area contributed by atoms with Gasteiger partial charge in [0.25, 0.3) is 0 Å². The van der Waals surface area contributed by atoms with Crippen LogP contribution in [0.4, 0.5) is 0 Å². The molecule has 1 saturated heterocycles. The Bertz CT molecular complexity index is 669. The van der Waals surface area contributed by atoms with Gasteiger partial charge in [-0.15, -0.1) is 0 Å². The lowest BCUT2D eigenvalue weighted by Gasteiger charge is -2.35. The van der Waals surface area contributed by atoms with Crippen LogP contribution in [0.1, 0.15) is 17.5 Å². The number of pyridine rings is 1. The van der Waals surface area contributed by atoms with Crippen LogP contribution in [0.25, 0.3) is 0 Å². The van der Waals surface area contributed by atoms with Crippen molar-refractivity contribution in [3.05, 3.63) is 64.9 Å². The minimum absolute atomic E-state index is 0.250. The minimum atomic E-state index is 0.250. The molecule has 1 fully saturated rings. The van der Waals surface area contributed by atoms with Gasteiger partial charge in [0.1, 0.15) is 0 Å². The van der Waals surface area contributed by atoms with Gasteiger partial charge in [0.05, 0.1) is 5.02 Å². The van der Waals surface area contributed by atoms with Gasteiger partial charge in [-0.1, -0.05) is 41.9 Å². The molecule has 0 aliphatic carbocycles. The monoisotopic (exact) mass is 343 g/mol. The Kier molecular flexibility index (Phi) is 5.83. The number of amides is 1. The quantitative estimate of drug-likeness (QED) is 0.837.